The summed E-state index contributed by atoms with van der Waals surface area (Å²) in [6.07, 6.45) is 20.2. The van der Waals surface area contributed by atoms with Gasteiger partial charge in [-0.05, 0) is 95.9 Å². The first-order valence-corrected chi connectivity index (χ1v) is 28.2. The van der Waals surface area contributed by atoms with Gasteiger partial charge in [-0.15, -0.1) is 0 Å². The highest BCUT2D eigenvalue weighted by Crippen LogP contribution is 2.65. The van der Waals surface area contributed by atoms with Crippen LogP contribution in [0.1, 0.15) is 148 Å². The first kappa shape index (κ1) is 63.5. The van der Waals surface area contributed by atoms with Crippen molar-refractivity contribution < 1.29 is 72.5 Å². The molecule has 2 bridgehead atoms. The van der Waals surface area contributed by atoms with Crippen molar-refractivity contribution in [2.24, 2.45) is 22.7 Å². The van der Waals surface area contributed by atoms with E-state index in [1.807, 2.05) is 24.3 Å². The van der Waals surface area contributed by atoms with Crippen LogP contribution in [0.5, 0.6) is 0 Å². The maximum Gasteiger partial charge on any atom is 0.408 e. The number of rotatable bonds is 23. The second-order valence-electron chi connectivity index (χ2n) is 23.0. The van der Waals surface area contributed by atoms with E-state index in [2.05, 4.69) is 60.8 Å². The fourth-order valence-corrected chi connectivity index (χ4v) is 11.7. The van der Waals surface area contributed by atoms with Gasteiger partial charge in [0, 0.05) is 37.5 Å². The van der Waals surface area contributed by atoms with Crippen molar-refractivity contribution in [1.29, 1.82) is 0 Å². The van der Waals surface area contributed by atoms with Crippen LogP contribution in [0.25, 0.3) is 0 Å². The molecule has 3 fully saturated rings. The van der Waals surface area contributed by atoms with E-state index in [9.17, 15) is 39.3 Å². The molecule has 4 aliphatic rings. The normalized spacial score (nSPS) is 28.9. The van der Waals surface area contributed by atoms with Gasteiger partial charge >= 0.3 is 30.0 Å². The van der Waals surface area contributed by atoms with E-state index < -0.39 is 124 Å². The first-order chi connectivity index (χ1) is 38.4. The van der Waals surface area contributed by atoms with Crippen LogP contribution in [0, 0.1) is 22.7 Å². The summed E-state index contributed by atoms with van der Waals surface area (Å²) in [5, 5.41) is 40.9. The SMILES string of the molecule is CCC=CCC=CCC=CCC=CCC=CCC=CCCC(=O)O/C1=C2\C(C)C(OC(=O)C(O)[C@@H](NC(=O)OC(C)(C)C)c3ccccc3)C[C@@](O)([C@@H](OC(=O)c3ccccc3)[C@@H]3[C@]4(OC(C)=O)CO[C@@H]4C[C@H](O)[C@@]3(C)C1=O)C2(C)C. The molecule has 0 aromatic heterocycles. The summed E-state index contributed by atoms with van der Waals surface area (Å²) in [7, 11) is 0. The summed E-state index contributed by atoms with van der Waals surface area (Å²) >= 11 is 0. The van der Waals surface area contributed by atoms with Crippen molar-refractivity contribution in [1.82, 2.24) is 5.32 Å². The Morgan fingerprint density at radius 2 is 1.35 bits per heavy atom. The third kappa shape index (κ3) is 14.9. The second-order valence-corrected chi connectivity index (χ2v) is 23.0. The number of nitrogens with one attached hydrogen (secondary N) is 1. The van der Waals surface area contributed by atoms with Gasteiger partial charge in [-0.1, -0.05) is 149 Å². The molecule has 1 amide bonds. The minimum absolute atomic E-state index is 0.0107. The van der Waals surface area contributed by atoms with Gasteiger partial charge < -0.3 is 49.1 Å². The lowest BCUT2D eigenvalue weighted by atomic mass is 9.45. The highest BCUT2D eigenvalue weighted by molar-refractivity contribution is 6.02. The minimum atomic E-state index is -2.44. The Labute approximate surface area is 477 Å². The lowest BCUT2D eigenvalue weighted by Crippen LogP contribution is -2.81. The average molecular weight is 1120 g/mol. The summed E-state index contributed by atoms with van der Waals surface area (Å²) in [5.74, 6) is -7.97. The molecular weight excluding hydrogens is 1030 g/mol. The van der Waals surface area contributed by atoms with Crippen LogP contribution in [-0.4, -0.2) is 105 Å². The summed E-state index contributed by atoms with van der Waals surface area (Å²) in [6.45, 7) is 14.1. The third-order valence-electron chi connectivity index (χ3n) is 15.9. The number of Topliss-reactive ketones (excluding diaryl/α,β-unsaturated/α-hetero) is 1. The van der Waals surface area contributed by atoms with Crippen LogP contribution in [0.2, 0.25) is 0 Å². The van der Waals surface area contributed by atoms with Gasteiger partial charge in [-0.25, -0.2) is 14.4 Å². The van der Waals surface area contributed by atoms with Crippen LogP contribution in [0.15, 0.2) is 145 Å². The fourth-order valence-electron chi connectivity index (χ4n) is 11.7. The van der Waals surface area contributed by atoms with E-state index >= 15 is 4.79 Å². The van der Waals surface area contributed by atoms with Gasteiger partial charge in [0.05, 0.1) is 35.6 Å². The number of amides is 1. The minimum Gasteiger partial charge on any atom is -0.460 e. The zero-order chi connectivity index (χ0) is 59.2. The molecule has 2 aromatic carbocycles. The van der Waals surface area contributed by atoms with Crippen molar-refractivity contribution in [3.63, 3.8) is 0 Å². The van der Waals surface area contributed by atoms with Gasteiger partial charge in [0.15, 0.2) is 17.5 Å². The number of ether oxygens (including phenoxy) is 6. The zero-order valence-corrected chi connectivity index (χ0v) is 48.3. The second kappa shape index (κ2) is 27.8. The smallest absolute Gasteiger partial charge is 0.408 e. The number of hydrogen-bond acceptors (Lipinski definition) is 15. The van der Waals surface area contributed by atoms with E-state index in [-0.39, 0.29) is 37.0 Å². The number of carbonyl (C=O) groups excluding carboxylic acids is 6. The Bertz CT molecular complexity index is 2750. The molecule has 16 nitrogen and oxygen atoms in total. The van der Waals surface area contributed by atoms with Crippen LogP contribution in [0.3, 0.4) is 0 Å². The lowest BCUT2D eigenvalue weighted by molar-refractivity contribution is -0.345. The predicted octanol–water partition coefficient (Wildman–Crippen LogP) is 10.5. The first-order valence-electron chi connectivity index (χ1n) is 28.2. The molecule has 1 aliphatic heterocycles. The number of benzene rings is 2. The molecule has 2 aromatic rings. The molecule has 3 aliphatic carbocycles. The molecule has 81 heavy (non-hydrogen) atoms. The van der Waals surface area contributed by atoms with E-state index in [0.717, 1.165) is 39.0 Å². The molecular formula is C65H83NO15. The number of aliphatic hydroxyl groups excluding tert-OH is 2. The molecule has 6 rings (SSSR count). The van der Waals surface area contributed by atoms with Gasteiger partial charge in [0.1, 0.15) is 29.5 Å². The Balaban J connectivity index is 1.34. The summed E-state index contributed by atoms with van der Waals surface area (Å²) < 4.78 is 36.6. The molecule has 0 radical (unpaired) electrons. The molecule has 0 spiro atoms. The van der Waals surface area contributed by atoms with Gasteiger partial charge in [-0.2, -0.15) is 0 Å². The average Bonchev–Trinajstić information content (AvgIpc) is 1.73. The number of carbonyl (C=O) groups is 6. The molecule has 11 atom stereocenters. The van der Waals surface area contributed by atoms with Crippen LogP contribution in [-0.2, 0) is 47.6 Å². The quantitative estimate of drug-likeness (QED) is 0.0461. The molecule has 3 unspecified atom stereocenters. The fraction of sp³-hybridized carbons (Fsp3) is 0.508. The van der Waals surface area contributed by atoms with E-state index in [0.29, 0.717) is 12.0 Å². The standard InChI is InChI=1S/C65H83NO15/c1-10-11-12-13-14-15-16-17-18-19-20-21-22-23-24-25-26-27-34-39-50(69)78-54-51-43(2)47(77-59(73)53(70)52(45-35-30-28-31-36-45)66-60(74)81-61(4,5)6)41-65(75,62(51,7)8)57(79-58(72)46-37-32-29-33-38-46)55-63(9,56(54)71)48(68)40-49-64(55,42-76-49)80-44(3)67/h11-12,14-15,17-18,20-21,23-24,26-33,35-38,43,47-49,52-53,55,57,68,70,75H,10,13,16,19,22,25,34,39-42H2,1-9H3,(H,66,74)/b12-11?,15-14?,18-17?,21-20?,24-23?,27-26?,54-51+/t43?,47?,48-,49+,52-,53?,55-,57-,63+,64-,65+/m0/s1. The molecule has 1 heterocycles. The maximum absolute atomic E-state index is 16.0. The third-order valence-corrected chi connectivity index (χ3v) is 15.9. The highest BCUT2D eigenvalue weighted by Gasteiger charge is 2.78. The summed E-state index contributed by atoms with van der Waals surface area (Å²) in [6, 6.07) is 14.6. The van der Waals surface area contributed by atoms with Crippen molar-refractivity contribution in [3.8, 4) is 0 Å². The van der Waals surface area contributed by atoms with Crippen molar-refractivity contribution >= 4 is 35.8 Å². The molecule has 2 saturated carbocycles. The van der Waals surface area contributed by atoms with Gasteiger partial charge in [-0.3, -0.25) is 14.4 Å². The number of allylic oxidation sites excluding steroid dienone is 13. The monoisotopic (exact) mass is 1120 g/mol. The number of fused-ring (bicyclic) bond motifs is 5. The van der Waals surface area contributed by atoms with Crippen molar-refractivity contribution in [2.75, 3.05) is 6.61 Å². The number of alkyl carbamates (subject to hydrolysis) is 1. The van der Waals surface area contributed by atoms with Crippen LogP contribution in [0.4, 0.5) is 4.79 Å². The number of aliphatic hydroxyl groups is 3. The van der Waals surface area contributed by atoms with Gasteiger partial charge in [0.2, 0.25) is 5.78 Å². The van der Waals surface area contributed by atoms with E-state index in [4.69, 9.17) is 28.4 Å². The van der Waals surface area contributed by atoms with E-state index in [1.165, 1.54) is 19.1 Å². The van der Waals surface area contributed by atoms with E-state index in [1.54, 1.807) is 90.1 Å². The Morgan fingerprint density at radius 3 is 1.86 bits per heavy atom. The van der Waals surface area contributed by atoms with Crippen molar-refractivity contribution in [3.05, 3.63) is 156 Å². The molecule has 1 saturated heterocycles. The zero-order valence-electron chi connectivity index (χ0n) is 48.3. The maximum atomic E-state index is 16.0. The molecule has 16 heteroatoms. The summed E-state index contributed by atoms with van der Waals surface area (Å²) in [4.78, 5) is 85.9. The van der Waals surface area contributed by atoms with Crippen LogP contribution >= 0.6 is 0 Å². The number of ketones is 1. The predicted molar refractivity (Wildman–Crippen MR) is 305 cm³/mol. The Kier molecular flexibility index (Phi) is 21.8. The highest BCUT2D eigenvalue weighted by atomic mass is 16.6. The topological polar surface area (TPSA) is 231 Å². The van der Waals surface area contributed by atoms with Crippen LogP contribution < -0.4 is 5.32 Å². The molecule has 4 N–H and O–H groups in total. The largest absolute Gasteiger partial charge is 0.460 e. The van der Waals surface area contributed by atoms with Gasteiger partial charge in [0.25, 0.3) is 0 Å². The number of hydrogen-bond donors (Lipinski definition) is 4. The molecule has 438 valence electrons. The lowest BCUT2D eigenvalue weighted by Gasteiger charge is -2.67. The Hall–Kier alpha value is -6.72. The number of esters is 4. The Morgan fingerprint density at radius 1 is 0.802 bits per heavy atom. The van der Waals surface area contributed by atoms with Crippen molar-refractivity contribution in [2.45, 2.75) is 180 Å². The summed E-state index contributed by atoms with van der Waals surface area (Å²) in [5.41, 5.74) is -8.69.